The minimum Gasteiger partial charge on any atom is -0.353 e. The summed E-state index contributed by atoms with van der Waals surface area (Å²) in [5.74, 6) is -0.0743. The first kappa shape index (κ1) is 22.5. The molecule has 34 heavy (non-hydrogen) atoms. The van der Waals surface area contributed by atoms with Gasteiger partial charge in [0.15, 0.2) is 0 Å². The van der Waals surface area contributed by atoms with Gasteiger partial charge in [-0.25, -0.2) is 9.37 Å². The third kappa shape index (κ3) is 4.55. The summed E-state index contributed by atoms with van der Waals surface area (Å²) in [6.07, 6.45) is 3.92. The Morgan fingerprint density at radius 3 is 2.76 bits per heavy atom. The number of aromatic amines is 1. The maximum Gasteiger partial charge on any atom is 0.222 e. The zero-order chi connectivity index (χ0) is 23.7. The van der Waals surface area contributed by atoms with Crippen molar-refractivity contribution in [1.29, 1.82) is 0 Å². The second kappa shape index (κ2) is 9.55. The predicted octanol–water partition coefficient (Wildman–Crippen LogP) is 5.40. The average Bonchev–Trinajstić information content (AvgIpc) is 3.21. The van der Waals surface area contributed by atoms with E-state index in [0.29, 0.717) is 25.3 Å². The first-order valence-corrected chi connectivity index (χ1v) is 12.1. The number of hydrogen-bond donors (Lipinski definition) is 1. The molecular formula is C28H31FN4O. The standard InChI is InChI=1S/C28H31FN4O/c1-32-16-14-21(15-17-32)33(2)27(34)9-5-7-22-23-18-20(29)11-13-25(23)31-28(22)26-12-10-19-6-3-4-8-24(19)30-26/h3-4,6,8,10-13,18,21,31H,5,7,9,14-17H2,1-2H3. The van der Waals surface area contributed by atoms with Crippen molar-refractivity contribution in [1.82, 2.24) is 19.8 Å². The van der Waals surface area contributed by atoms with Crippen molar-refractivity contribution in [2.45, 2.75) is 38.1 Å². The van der Waals surface area contributed by atoms with Crippen LogP contribution >= 0.6 is 0 Å². The molecule has 176 valence electrons. The van der Waals surface area contributed by atoms with Crippen LogP contribution in [0.1, 0.15) is 31.2 Å². The number of benzene rings is 2. The Morgan fingerprint density at radius 2 is 1.94 bits per heavy atom. The molecule has 1 N–H and O–H groups in total. The molecule has 4 aromatic rings. The Kier molecular flexibility index (Phi) is 6.33. The van der Waals surface area contributed by atoms with E-state index in [2.05, 4.69) is 23.0 Å². The zero-order valence-electron chi connectivity index (χ0n) is 19.9. The molecule has 0 spiro atoms. The fourth-order valence-electron chi connectivity index (χ4n) is 5.08. The first-order chi connectivity index (χ1) is 16.5. The van der Waals surface area contributed by atoms with Crippen molar-refractivity contribution in [2.24, 2.45) is 0 Å². The van der Waals surface area contributed by atoms with Crippen molar-refractivity contribution < 1.29 is 9.18 Å². The first-order valence-electron chi connectivity index (χ1n) is 12.1. The van der Waals surface area contributed by atoms with Crippen LogP contribution in [0, 0.1) is 5.82 Å². The van der Waals surface area contributed by atoms with Crippen LogP contribution in [0.15, 0.2) is 54.6 Å². The lowest BCUT2D eigenvalue weighted by Crippen LogP contribution is -2.44. The van der Waals surface area contributed by atoms with Crippen molar-refractivity contribution in [3.63, 3.8) is 0 Å². The van der Waals surface area contributed by atoms with E-state index in [-0.39, 0.29) is 11.7 Å². The summed E-state index contributed by atoms with van der Waals surface area (Å²) >= 11 is 0. The highest BCUT2D eigenvalue weighted by Gasteiger charge is 2.24. The number of aromatic nitrogens is 2. The largest absolute Gasteiger partial charge is 0.353 e. The molecule has 0 bridgehead atoms. The van der Waals surface area contributed by atoms with Gasteiger partial charge in [-0.15, -0.1) is 0 Å². The Morgan fingerprint density at radius 1 is 1.15 bits per heavy atom. The lowest BCUT2D eigenvalue weighted by Gasteiger charge is -2.35. The monoisotopic (exact) mass is 458 g/mol. The number of aryl methyl sites for hydroxylation is 1. The predicted molar refractivity (Wildman–Crippen MR) is 135 cm³/mol. The number of carbonyl (C=O) groups is 1. The molecule has 1 amide bonds. The van der Waals surface area contributed by atoms with E-state index in [9.17, 15) is 9.18 Å². The number of hydrogen-bond acceptors (Lipinski definition) is 3. The highest BCUT2D eigenvalue weighted by molar-refractivity contribution is 5.91. The van der Waals surface area contributed by atoms with E-state index in [0.717, 1.165) is 64.7 Å². The number of nitrogens with one attached hydrogen (secondary N) is 1. The summed E-state index contributed by atoms with van der Waals surface area (Å²) in [5.41, 5.74) is 4.57. The minimum absolute atomic E-state index is 0.186. The molecular weight excluding hydrogens is 427 g/mol. The van der Waals surface area contributed by atoms with Gasteiger partial charge in [-0.2, -0.15) is 0 Å². The molecule has 5 nitrogen and oxygen atoms in total. The van der Waals surface area contributed by atoms with Crippen LogP contribution in [0.5, 0.6) is 0 Å². The van der Waals surface area contributed by atoms with E-state index in [1.165, 1.54) is 6.07 Å². The van der Waals surface area contributed by atoms with Gasteiger partial charge in [0.25, 0.3) is 0 Å². The minimum atomic E-state index is -0.260. The molecule has 1 saturated heterocycles. The molecule has 1 fully saturated rings. The van der Waals surface area contributed by atoms with Crippen LogP contribution in [0.25, 0.3) is 33.2 Å². The van der Waals surface area contributed by atoms with E-state index in [1.807, 2.05) is 42.3 Å². The van der Waals surface area contributed by atoms with Crippen LogP contribution in [0.4, 0.5) is 4.39 Å². The van der Waals surface area contributed by atoms with Crippen molar-refractivity contribution in [2.75, 3.05) is 27.2 Å². The fraction of sp³-hybridized carbons (Fsp3) is 0.357. The van der Waals surface area contributed by atoms with Crippen LogP contribution in [-0.4, -0.2) is 58.9 Å². The number of rotatable bonds is 6. The molecule has 2 aromatic heterocycles. The normalized spacial score (nSPS) is 15.3. The van der Waals surface area contributed by atoms with Crippen molar-refractivity contribution >= 4 is 27.7 Å². The Balaban J connectivity index is 1.37. The fourth-order valence-corrected chi connectivity index (χ4v) is 5.08. The van der Waals surface area contributed by atoms with Gasteiger partial charge < -0.3 is 14.8 Å². The highest BCUT2D eigenvalue weighted by atomic mass is 19.1. The molecule has 0 radical (unpaired) electrons. The summed E-state index contributed by atoms with van der Waals surface area (Å²) in [6, 6.07) is 17.2. The Bertz CT molecular complexity index is 1320. The van der Waals surface area contributed by atoms with E-state index in [1.54, 1.807) is 12.1 Å². The summed E-state index contributed by atoms with van der Waals surface area (Å²) in [6.45, 7) is 2.07. The number of amides is 1. The average molecular weight is 459 g/mol. The van der Waals surface area contributed by atoms with Gasteiger partial charge in [0.1, 0.15) is 5.82 Å². The lowest BCUT2D eigenvalue weighted by molar-refractivity contribution is -0.132. The Hall–Kier alpha value is -3.25. The van der Waals surface area contributed by atoms with Crippen molar-refractivity contribution in [3.05, 3.63) is 66.0 Å². The molecule has 3 heterocycles. The van der Waals surface area contributed by atoms with Gasteiger partial charge in [0.2, 0.25) is 5.91 Å². The molecule has 5 rings (SSSR count). The molecule has 0 atom stereocenters. The molecule has 6 heteroatoms. The van der Waals surface area contributed by atoms with Gasteiger partial charge in [0, 0.05) is 35.8 Å². The number of halogens is 1. The third-order valence-electron chi connectivity index (χ3n) is 7.17. The third-order valence-corrected chi connectivity index (χ3v) is 7.17. The van der Waals surface area contributed by atoms with E-state index >= 15 is 0 Å². The van der Waals surface area contributed by atoms with Gasteiger partial charge in [-0.3, -0.25) is 4.79 Å². The summed E-state index contributed by atoms with van der Waals surface area (Å²) in [5, 5.41) is 1.94. The second-order valence-electron chi connectivity index (χ2n) is 9.45. The van der Waals surface area contributed by atoms with Gasteiger partial charge >= 0.3 is 0 Å². The van der Waals surface area contributed by atoms with Crippen LogP contribution in [0.3, 0.4) is 0 Å². The summed E-state index contributed by atoms with van der Waals surface area (Å²) in [4.78, 5) is 25.5. The molecule has 0 unspecified atom stereocenters. The maximum atomic E-state index is 14.1. The van der Waals surface area contributed by atoms with Crippen LogP contribution in [-0.2, 0) is 11.2 Å². The number of para-hydroxylation sites is 1. The van der Waals surface area contributed by atoms with Gasteiger partial charge in [0.05, 0.1) is 16.9 Å². The summed E-state index contributed by atoms with van der Waals surface area (Å²) in [7, 11) is 4.06. The van der Waals surface area contributed by atoms with E-state index < -0.39 is 0 Å². The molecule has 1 aliphatic rings. The van der Waals surface area contributed by atoms with Crippen molar-refractivity contribution in [3.8, 4) is 11.4 Å². The number of H-pyrrole nitrogens is 1. The second-order valence-corrected chi connectivity index (χ2v) is 9.45. The maximum absolute atomic E-state index is 14.1. The smallest absolute Gasteiger partial charge is 0.222 e. The topological polar surface area (TPSA) is 52.2 Å². The van der Waals surface area contributed by atoms with Gasteiger partial charge in [-0.05, 0) is 81.7 Å². The highest BCUT2D eigenvalue weighted by Crippen LogP contribution is 2.32. The number of piperidine rings is 1. The summed E-state index contributed by atoms with van der Waals surface area (Å²) < 4.78 is 14.1. The molecule has 0 aliphatic carbocycles. The molecule has 0 saturated carbocycles. The number of likely N-dealkylation sites (tertiary alicyclic amines) is 1. The molecule has 2 aromatic carbocycles. The van der Waals surface area contributed by atoms with Gasteiger partial charge in [-0.1, -0.05) is 24.3 Å². The Labute approximate surface area is 199 Å². The van der Waals surface area contributed by atoms with Crippen LogP contribution < -0.4 is 0 Å². The quantitative estimate of drug-likeness (QED) is 0.421. The number of carbonyl (C=O) groups excluding carboxylic acids is 1. The van der Waals surface area contributed by atoms with Crippen LogP contribution in [0.2, 0.25) is 0 Å². The number of pyridine rings is 1. The SMILES string of the molecule is CN1CCC(N(C)C(=O)CCCc2c(-c3ccc4ccccc4n3)[nH]c3ccc(F)cc23)CC1. The van der Waals surface area contributed by atoms with E-state index in [4.69, 9.17) is 4.98 Å². The molecule has 1 aliphatic heterocycles. The number of nitrogens with zero attached hydrogens (tertiary/aromatic N) is 3. The number of fused-ring (bicyclic) bond motifs is 2. The lowest BCUT2D eigenvalue weighted by atomic mass is 10.0. The zero-order valence-corrected chi connectivity index (χ0v) is 19.9.